The van der Waals surface area contributed by atoms with Crippen LogP contribution in [0.25, 0.3) is 0 Å². The molecule has 9 heteroatoms. The van der Waals surface area contributed by atoms with Crippen LogP contribution >= 0.6 is 0 Å². The normalized spacial score (nSPS) is 13.1. The molecule has 0 amide bonds. The second-order valence-electron chi connectivity index (χ2n) is 22.0. The van der Waals surface area contributed by atoms with Gasteiger partial charge in [-0.05, 0) is 51.4 Å². The number of unbranched alkanes of at least 4 members (excludes halogenated alkanes) is 34. The fraction of sp³-hybridized carbons (Fsp3) is 0.828. The summed E-state index contributed by atoms with van der Waals surface area (Å²) in [5, 5.41) is 9.67. The maximum atomic E-state index is 12.8. The minimum atomic E-state index is -1.50. The number of hydrogen-bond donors (Lipinski definition) is 1. The molecule has 0 rings (SSSR count). The Bertz CT molecular complexity index is 1340. The van der Waals surface area contributed by atoms with Gasteiger partial charge in [0, 0.05) is 12.8 Å². The molecule has 0 fully saturated rings. The Balaban J connectivity index is 3.86. The first-order valence-corrected chi connectivity index (χ1v) is 30.8. The third-order valence-electron chi connectivity index (χ3n) is 13.6. The van der Waals surface area contributed by atoms with E-state index in [0.29, 0.717) is 17.4 Å². The highest BCUT2D eigenvalue weighted by atomic mass is 16.7. The van der Waals surface area contributed by atoms with Crippen molar-refractivity contribution in [1.29, 1.82) is 0 Å². The van der Waals surface area contributed by atoms with E-state index in [2.05, 4.69) is 62.5 Å². The molecule has 0 aliphatic heterocycles. The fourth-order valence-corrected chi connectivity index (χ4v) is 8.89. The van der Waals surface area contributed by atoms with Crippen molar-refractivity contribution in [2.24, 2.45) is 0 Å². The molecule has 0 saturated carbocycles. The second kappa shape index (κ2) is 55.5. The van der Waals surface area contributed by atoms with Crippen molar-refractivity contribution in [3.05, 3.63) is 48.6 Å². The molecule has 73 heavy (non-hydrogen) atoms. The predicted octanol–water partition coefficient (Wildman–Crippen LogP) is 18.2. The maximum absolute atomic E-state index is 12.8. The van der Waals surface area contributed by atoms with Crippen molar-refractivity contribution in [2.45, 2.75) is 296 Å². The summed E-state index contributed by atoms with van der Waals surface area (Å²) < 4.78 is 22.8. The van der Waals surface area contributed by atoms with Crippen LogP contribution in [0.5, 0.6) is 0 Å². The summed E-state index contributed by atoms with van der Waals surface area (Å²) in [6.07, 6.45) is 66.7. The minimum absolute atomic E-state index is 0.176. The number of rotatable bonds is 57. The average molecular weight is 1030 g/mol. The van der Waals surface area contributed by atoms with Gasteiger partial charge < -0.3 is 28.5 Å². The van der Waals surface area contributed by atoms with E-state index in [1.807, 2.05) is 21.1 Å². The minimum Gasteiger partial charge on any atom is -0.477 e. The van der Waals surface area contributed by atoms with E-state index in [4.69, 9.17) is 18.9 Å². The molecule has 2 atom stereocenters. The number of aliphatic carboxylic acids is 1. The van der Waals surface area contributed by atoms with Crippen LogP contribution in [0, 0.1) is 0 Å². The lowest BCUT2D eigenvalue weighted by atomic mass is 10.0. The number of carbonyl (C=O) groups excluding carboxylic acids is 2. The van der Waals surface area contributed by atoms with E-state index in [-0.39, 0.29) is 38.2 Å². The third-order valence-corrected chi connectivity index (χ3v) is 13.6. The van der Waals surface area contributed by atoms with Crippen LogP contribution in [0.4, 0.5) is 0 Å². The summed E-state index contributed by atoms with van der Waals surface area (Å²) in [7, 11) is 5.97. The average Bonchev–Trinajstić information content (AvgIpc) is 3.36. The first-order chi connectivity index (χ1) is 35.6. The van der Waals surface area contributed by atoms with Gasteiger partial charge in [0.2, 0.25) is 0 Å². The molecule has 9 nitrogen and oxygen atoms in total. The molecule has 0 aromatic carbocycles. The zero-order chi connectivity index (χ0) is 53.4. The lowest BCUT2D eigenvalue weighted by Crippen LogP contribution is -2.40. The van der Waals surface area contributed by atoms with Gasteiger partial charge >= 0.3 is 17.9 Å². The number of likely N-dealkylation sites (N-methyl/N-ethyl adjacent to an activating group) is 1. The number of quaternary nitrogens is 1. The van der Waals surface area contributed by atoms with E-state index in [0.717, 1.165) is 64.2 Å². The van der Waals surface area contributed by atoms with Gasteiger partial charge in [-0.3, -0.25) is 9.59 Å². The van der Waals surface area contributed by atoms with Gasteiger partial charge in [-0.25, -0.2) is 4.79 Å². The number of hydrogen-bond acceptors (Lipinski definition) is 7. The van der Waals surface area contributed by atoms with Crippen molar-refractivity contribution in [3.63, 3.8) is 0 Å². The van der Waals surface area contributed by atoms with Crippen LogP contribution in [0.2, 0.25) is 0 Å². The van der Waals surface area contributed by atoms with E-state index in [9.17, 15) is 19.5 Å². The first-order valence-electron chi connectivity index (χ1n) is 30.8. The van der Waals surface area contributed by atoms with Gasteiger partial charge in [-0.2, -0.15) is 0 Å². The summed E-state index contributed by atoms with van der Waals surface area (Å²) >= 11 is 0. The zero-order valence-corrected chi connectivity index (χ0v) is 48.6. The summed E-state index contributed by atoms with van der Waals surface area (Å²) in [4.78, 5) is 37.2. The lowest BCUT2D eigenvalue weighted by Gasteiger charge is -2.25. The van der Waals surface area contributed by atoms with E-state index >= 15 is 0 Å². The number of carboxylic acid groups (broad SMARTS) is 1. The molecule has 0 spiro atoms. The van der Waals surface area contributed by atoms with Crippen LogP contribution in [-0.2, 0) is 33.3 Å². The van der Waals surface area contributed by atoms with E-state index in [1.54, 1.807) is 0 Å². The van der Waals surface area contributed by atoms with Crippen molar-refractivity contribution in [3.8, 4) is 0 Å². The Morgan fingerprint density at radius 1 is 0.425 bits per heavy atom. The van der Waals surface area contributed by atoms with Gasteiger partial charge in [0.1, 0.15) is 13.2 Å². The molecule has 0 heterocycles. The van der Waals surface area contributed by atoms with E-state index < -0.39 is 18.4 Å². The molecule has 2 unspecified atom stereocenters. The molecular formula is C64H118NO8+. The number of carbonyl (C=O) groups is 3. The van der Waals surface area contributed by atoms with Crippen molar-refractivity contribution in [1.82, 2.24) is 0 Å². The Kier molecular flexibility index (Phi) is 53.4. The predicted molar refractivity (Wildman–Crippen MR) is 309 cm³/mol. The van der Waals surface area contributed by atoms with Crippen LogP contribution in [-0.4, -0.2) is 87.4 Å². The molecule has 0 saturated heterocycles. The Hall–Kier alpha value is -2.75. The molecule has 0 aliphatic carbocycles. The Morgan fingerprint density at radius 3 is 1.16 bits per heavy atom. The van der Waals surface area contributed by atoms with Crippen LogP contribution in [0.15, 0.2) is 48.6 Å². The van der Waals surface area contributed by atoms with Crippen molar-refractivity contribution < 1.29 is 42.9 Å². The van der Waals surface area contributed by atoms with Gasteiger partial charge in [0.25, 0.3) is 6.29 Å². The Labute approximate surface area is 451 Å². The maximum Gasteiger partial charge on any atom is 0.361 e. The van der Waals surface area contributed by atoms with Gasteiger partial charge in [-0.15, -0.1) is 0 Å². The molecule has 1 N–H and O–H groups in total. The summed E-state index contributed by atoms with van der Waals surface area (Å²) in [5.74, 6) is -1.99. The second-order valence-corrected chi connectivity index (χ2v) is 22.0. The SMILES string of the molecule is CC/C=C\C/C=C\C/C=C\C/C=C\CCCCCCCCCCCCCCCCCCCCCCCCCCCCC(=O)OC(COC(=O)CCCCCCCCCCC)COC(OCC[N+](C)(C)C)C(=O)O. The summed E-state index contributed by atoms with van der Waals surface area (Å²) in [5.41, 5.74) is 0. The summed E-state index contributed by atoms with van der Waals surface area (Å²) in [6.45, 7) is 4.77. The first kappa shape index (κ1) is 70.2. The highest BCUT2D eigenvalue weighted by Crippen LogP contribution is 2.18. The molecule has 0 aromatic heterocycles. The zero-order valence-electron chi connectivity index (χ0n) is 48.6. The van der Waals surface area contributed by atoms with E-state index in [1.165, 1.54) is 193 Å². The monoisotopic (exact) mass is 1030 g/mol. The van der Waals surface area contributed by atoms with Gasteiger partial charge in [0.15, 0.2) is 6.10 Å². The smallest absolute Gasteiger partial charge is 0.361 e. The standard InChI is InChI=1S/C64H117NO8/c1-6-8-10-12-14-16-17-18-19-20-21-22-23-24-25-26-27-28-29-30-31-32-33-34-35-36-37-38-39-40-41-42-43-44-45-47-49-51-53-55-62(67)73-60(59-72-64(63(68)69)70-57-56-65(3,4)5)58-71-61(66)54-52-50-48-46-15-13-11-9-7-2/h8,10,14,16,18-19,21-22,60,64H,6-7,9,11-13,15,17,20,23-59H2,1-5H3/p+1/b10-8-,16-14-,19-18-,22-21-. The number of nitrogens with zero attached hydrogens (tertiary/aromatic N) is 1. The lowest BCUT2D eigenvalue weighted by molar-refractivity contribution is -0.870. The molecule has 0 aliphatic rings. The third kappa shape index (κ3) is 56.8. The molecule has 0 bridgehead atoms. The van der Waals surface area contributed by atoms with Crippen molar-refractivity contribution in [2.75, 3.05) is 47.5 Å². The number of esters is 2. The fourth-order valence-electron chi connectivity index (χ4n) is 8.89. The van der Waals surface area contributed by atoms with Crippen molar-refractivity contribution >= 4 is 17.9 Å². The largest absolute Gasteiger partial charge is 0.477 e. The highest BCUT2D eigenvalue weighted by Gasteiger charge is 2.25. The summed E-state index contributed by atoms with van der Waals surface area (Å²) in [6, 6.07) is 0. The molecule has 426 valence electrons. The molecule has 0 radical (unpaired) electrons. The van der Waals surface area contributed by atoms with Gasteiger partial charge in [-0.1, -0.05) is 268 Å². The van der Waals surface area contributed by atoms with Crippen LogP contribution in [0.1, 0.15) is 284 Å². The highest BCUT2D eigenvalue weighted by molar-refractivity contribution is 5.71. The number of ether oxygens (including phenoxy) is 4. The van der Waals surface area contributed by atoms with Crippen LogP contribution in [0.3, 0.4) is 0 Å². The van der Waals surface area contributed by atoms with Gasteiger partial charge in [0.05, 0.1) is 34.4 Å². The van der Waals surface area contributed by atoms with Crippen LogP contribution < -0.4 is 0 Å². The molecule has 0 aromatic rings. The quantitative estimate of drug-likeness (QED) is 0.0211. The number of carboxylic acids is 1. The molecular weight excluding hydrogens is 911 g/mol. The topological polar surface area (TPSA) is 108 Å². The number of allylic oxidation sites excluding steroid dienone is 8. The Morgan fingerprint density at radius 2 is 0.781 bits per heavy atom.